The van der Waals surface area contributed by atoms with E-state index >= 15 is 0 Å². The highest BCUT2D eigenvalue weighted by Gasteiger charge is 2.52. The molecule has 4 rings (SSSR count). The Kier molecular flexibility index (Phi) is 5.75. The molecule has 2 fully saturated rings. The van der Waals surface area contributed by atoms with Gasteiger partial charge in [-0.15, -0.1) is 0 Å². The number of rotatable bonds is 5. The largest absolute Gasteiger partial charge is 0.356 e. The second-order valence-corrected chi connectivity index (χ2v) is 10.9. The number of hydrogen-bond acceptors (Lipinski definition) is 5. The number of fused-ring (bicyclic) bond motifs is 1. The smallest absolute Gasteiger partial charge is 0.239 e. The number of hydrogen-bond donors (Lipinski definition) is 1. The van der Waals surface area contributed by atoms with E-state index in [9.17, 15) is 18.0 Å². The Morgan fingerprint density at radius 1 is 1.10 bits per heavy atom. The topological polar surface area (TPSA) is 83.6 Å². The normalized spacial score (nSPS) is 26.5. The number of ketones is 1. The molecular weight excluding hydrogens is 400 g/mol. The third-order valence-electron chi connectivity index (χ3n) is 6.55. The molecule has 0 radical (unpaired) electrons. The quantitative estimate of drug-likeness (QED) is 0.720. The molecule has 7 heteroatoms. The van der Waals surface area contributed by atoms with Crippen LogP contribution in [0.5, 0.6) is 0 Å². The number of nitrogens with one attached hydrogen (secondary N) is 1. The summed E-state index contributed by atoms with van der Waals surface area (Å²) in [5.74, 6) is -0.889. The number of para-hydroxylation sites is 1. The zero-order valence-electron chi connectivity index (χ0n) is 17.6. The molecule has 2 aliphatic heterocycles. The SMILES string of the molecule is CC(C)CCN1C(=O)C(C2=CS(=O)(=O)c3ccccc3N2)C(=O)[C@@H]1C1CCCCC1. The van der Waals surface area contributed by atoms with Gasteiger partial charge in [-0.05, 0) is 43.2 Å². The van der Waals surface area contributed by atoms with Crippen LogP contribution in [0.25, 0.3) is 0 Å². The van der Waals surface area contributed by atoms with Gasteiger partial charge >= 0.3 is 0 Å². The maximum Gasteiger partial charge on any atom is 0.239 e. The number of nitrogens with zero attached hydrogens (tertiary/aromatic N) is 1. The third kappa shape index (κ3) is 3.80. The number of likely N-dealkylation sites (tertiary alicyclic amines) is 1. The molecule has 3 aliphatic rings. The first-order valence-corrected chi connectivity index (χ1v) is 12.5. The van der Waals surface area contributed by atoms with Gasteiger partial charge in [-0.3, -0.25) is 9.59 Å². The van der Waals surface area contributed by atoms with Gasteiger partial charge in [-0.2, -0.15) is 0 Å². The number of anilines is 1. The van der Waals surface area contributed by atoms with Crippen molar-refractivity contribution in [2.45, 2.75) is 63.3 Å². The number of carbonyl (C=O) groups excluding carboxylic acids is 2. The molecule has 30 heavy (non-hydrogen) atoms. The van der Waals surface area contributed by atoms with Gasteiger partial charge in [0.25, 0.3) is 0 Å². The van der Waals surface area contributed by atoms with Gasteiger partial charge in [0.2, 0.25) is 15.7 Å². The number of benzene rings is 1. The molecule has 0 bridgehead atoms. The van der Waals surface area contributed by atoms with Crippen molar-refractivity contribution in [2.75, 3.05) is 11.9 Å². The van der Waals surface area contributed by atoms with E-state index in [1.165, 1.54) is 12.5 Å². The van der Waals surface area contributed by atoms with Gasteiger partial charge in [0.1, 0.15) is 5.92 Å². The standard InChI is InChI=1S/C23H30N2O4S/c1-15(2)12-13-25-21(16-8-4-3-5-9-16)22(26)20(23(25)27)18-14-30(28,29)19-11-7-6-10-17(19)24-18/h6-7,10-11,14-16,20-21,24H,3-5,8-9,12-13H2,1-2H3/t20?,21-/m0/s1. The average molecular weight is 431 g/mol. The first-order valence-electron chi connectivity index (χ1n) is 11.0. The second-order valence-electron chi connectivity index (χ2n) is 9.13. The van der Waals surface area contributed by atoms with Crippen molar-refractivity contribution < 1.29 is 18.0 Å². The average Bonchev–Trinajstić information content (AvgIpc) is 2.96. The summed E-state index contributed by atoms with van der Waals surface area (Å²) in [7, 11) is -3.71. The van der Waals surface area contributed by atoms with Crippen LogP contribution in [-0.2, 0) is 19.4 Å². The summed E-state index contributed by atoms with van der Waals surface area (Å²) in [4.78, 5) is 28.9. The molecular formula is C23H30N2O4S. The lowest BCUT2D eigenvalue weighted by Crippen LogP contribution is -2.42. The Bertz CT molecular complexity index is 977. The van der Waals surface area contributed by atoms with Gasteiger partial charge in [0.05, 0.1) is 22.0 Å². The molecule has 1 unspecified atom stereocenters. The summed E-state index contributed by atoms with van der Waals surface area (Å²) >= 11 is 0. The van der Waals surface area contributed by atoms with Gasteiger partial charge in [0, 0.05) is 12.2 Å². The molecule has 1 saturated heterocycles. The highest BCUT2D eigenvalue weighted by molar-refractivity contribution is 7.94. The van der Waals surface area contributed by atoms with Crippen molar-refractivity contribution >= 4 is 27.2 Å². The fourth-order valence-corrected chi connectivity index (χ4v) is 6.34. The van der Waals surface area contributed by atoms with E-state index in [0.29, 0.717) is 18.2 Å². The summed E-state index contributed by atoms with van der Waals surface area (Å²) in [6, 6.07) is 6.16. The van der Waals surface area contributed by atoms with Crippen LogP contribution >= 0.6 is 0 Å². The van der Waals surface area contributed by atoms with Crippen molar-refractivity contribution in [1.29, 1.82) is 0 Å². The van der Waals surface area contributed by atoms with E-state index < -0.39 is 21.8 Å². The van der Waals surface area contributed by atoms with Crippen LogP contribution in [-0.4, -0.2) is 37.6 Å². The van der Waals surface area contributed by atoms with Crippen molar-refractivity contribution in [3.8, 4) is 0 Å². The number of sulfone groups is 1. The van der Waals surface area contributed by atoms with Crippen molar-refractivity contribution in [2.24, 2.45) is 17.8 Å². The number of carbonyl (C=O) groups is 2. The first kappa shape index (κ1) is 21.1. The lowest BCUT2D eigenvalue weighted by Gasteiger charge is -2.33. The maximum absolute atomic E-state index is 13.6. The molecule has 1 saturated carbocycles. The van der Waals surface area contributed by atoms with Crippen LogP contribution in [0.2, 0.25) is 0 Å². The summed E-state index contributed by atoms with van der Waals surface area (Å²) in [5.41, 5.74) is 0.613. The summed E-state index contributed by atoms with van der Waals surface area (Å²) in [6.07, 6.45) is 6.04. The van der Waals surface area contributed by atoms with Crippen LogP contribution in [0.3, 0.4) is 0 Å². The van der Waals surface area contributed by atoms with Crippen LogP contribution < -0.4 is 5.32 Å². The molecule has 0 aromatic heterocycles. The van der Waals surface area contributed by atoms with Crippen LogP contribution in [0.1, 0.15) is 52.4 Å². The van der Waals surface area contributed by atoms with E-state index in [0.717, 1.165) is 37.5 Å². The minimum absolute atomic E-state index is 0.149. The fourth-order valence-electron chi connectivity index (χ4n) is 4.99. The fraction of sp³-hybridized carbons (Fsp3) is 0.565. The van der Waals surface area contributed by atoms with Crippen LogP contribution in [0.4, 0.5) is 5.69 Å². The van der Waals surface area contributed by atoms with E-state index in [-0.39, 0.29) is 28.2 Å². The van der Waals surface area contributed by atoms with Crippen LogP contribution in [0.15, 0.2) is 40.3 Å². The minimum Gasteiger partial charge on any atom is -0.356 e. The van der Waals surface area contributed by atoms with Gasteiger partial charge in [0.15, 0.2) is 5.78 Å². The Morgan fingerprint density at radius 3 is 2.50 bits per heavy atom. The summed E-state index contributed by atoms with van der Waals surface area (Å²) in [5, 5.41) is 4.16. The molecule has 1 amide bonds. The van der Waals surface area contributed by atoms with Gasteiger partial charge in [-0.25, -0.2) is 8.42 Å². The molecule has 1 aromatic carbocycles. The number of Topliss-reactive ketones (excluding diaryl/α,β-unsaturated/α-hetero) is 1. The van der Waals surface area contributed by atoms with Crippen molar-refractivity contribution in [3.63, 3.8) is 0 Å². The minimum atomic E-state index is -3.71. The lowest BCUT2D eigenvalue weighted by atomic mass is 9.81. The molecule has 2 atom stereocenters. The zero-order chi connectivity index (χ0) is 21.5. The predicted molar refractivity (Wildman–Crippen MR) is 115 cm³/mol. The van der Waals surface area contributed by atoms with Crippen molar-refractivity contribution in [3.05, 3.63) is 35.4 Å². The lowest BCUT2D eigenvalue weighted by molar-refractivity contribution is -0.132. The van der Waals surface area contributed by atoms with E-state index in [4.69, 9.17) is 0 Å². The van der Waals surface area contributed by atoms with E-state index in [2.05, 4.69) is 19.2 Å². The number of amides is 1. The maximum atomic E-state index is 13.6. The van der Waals surface area contributed by atoms with E-state index in [1.807, 2.05) is 0 Å². The molecule has 1 aliphatic carbocycles. The predicted octanol–water partition coefficient (Wildman–Crippen LogP) is 3.75. The third-order valence-corrected chi connectivity index (χ3v) is 8.08. The zero-order valence-corrected chi connectivity index (χ0v) is 18.5. The van der Waals surface area contributed by atoms with Crippen LogP contribution in [0, 0.1) is 17.8 Å². The first-order chi connectivity index (χ1) is 14.3. The Balaban J connectivity index is 1.69. The Morgan fingerprint density at radius 2 is 1.80 bits per heavy atom. The summed E-state index contributed by atoms with van der Waals surface area (Å²) in [6.45, 7) is 4.74. The second kappa shape index (κ2) is 8.17. The molecule has 0 spiro atoms. The highest BCUT2D eigenvalue weighted by Crippen LogP contribution is 2.40. The highest BCUT2D eigenvalue weighted by atomic mass is 32.2. The molecule has 162 valence electrons. The van der Waals surface area contributed by atoms with E-state index in [1.54, 1.807) is 23.1 Å². The monoisotopic (exact) mass is 430 g/mol. The van der Waals surface area contributed by atoms with Crippen molar-refractivity contribution in [1.82, 2.24) is 4.90 Å². The van der Waals surface area contributed by atoms with Gasteiger partial charge < -0.3 is 10.2 Å². The van der Waals surface area contributed by atoms with Gasteiger partial charge in [-0.1, -0.05) is 45.2 Å². The molecule has 1 N–H and O–H groups in total. The Hall–Kier alpha value is -2.15. The molecule has 1 aromatic rings. The molecule has 6 nitrogen and oxygen atoms in total. The summed E-state index contributed by atoms with van der Waals surface area (Å²) < 4.78 is 25.6. The molecule has 2 heterocycles. The Labute approximate surface area is 178 Å².